The van der Waals surface area contributed by atoms with E-state index < -0.39 is 0 Å². The Labute approximate surface area is 156 Å². The van der Waals surface area contributed by atoms with Gasteiger partial charge in [-0.05, 0) is 56.4 Å². The maximum atomic E-state index is 12.3. The Morgan fingerprint density at radius 1 is 1.38 bits per heavy atom. The van der Waals surface area contributed by atoms with Crippen LogP contribution in [0.15, 0.2) is 27.6 Å². The summed E-state index contributed by atoms with van der Waals surface area (Å²) in [5.41, 5.74) is 1.11. The average molecular weight is 414 g/mol. The predicted octanol–water partition coefficient (Wildman–Crippen LogP) is 4.18. The first-order chi connectivity index (χ1) is 11.5. The highest BCUT2D eigenvalue weighted by molar-refractivity contribution is 9.10. The van der Waals surface area contributed by atoms with Crippen LogP contribution in [0.4, 0.5) is 0 Å². The number of carbonyl (C=O) groups excluding carboxylic acids is 2. The number of amides is 1. The SMILES string of the molecule is CC[C@@H]1CCCCN1C(=O)COC(=O)CSc1ccc(Br)cc1C. The summed E-state index contributed by atoms with van der Waals surface area (Å²) >= 11 is 4.86. The monoisotopic (exact) mass is 413 g/mol. The second-order valence-electron chi connectivity index (χ2n) is 6.00. The molecule has 1 aromatic rings. The Kier molecular flexibility index (Phi) is 7.62. The van der Waals surface area contributed by atoms with Gasteiger partial charge >= 0.3 is 5.97 Å². The molecule has 0 aliphatic carbocycles. The van der Waals surface area contributed by atoms with Gasteiger partial charge in [0.1, 0.15) is 0 Å². The number of hydrogen-bond acceptors (Lipinski definition) is 4. The molecule has 6 heteroatoms. The number of likely N-dealkylation sites (tertiary alicyclic amines) is 1. The molecule has 1 aliphatic heterocycles. The maximum Gasteiger partial charge on any atom is 0.316 e. The molecule has 0 spiro atoms. The molecule has 1 aliphatic rings. The largest absolute Gasteiger partial charge is 0.455 e. The maximum absolute atomic E-state index is 12.3. The Balaban J connectivity index is 1.77. The van der Waals surface area contributed by atoms with E-state index in [1.165, 1.54) is 18.2 Å². The molecule has 1 atom stereocenters. The van der Waals surface area contributed by atoms with Gasteiger partial charge in [-0.25, -0.2) is 0 Å². The number of aryl methyl sites for hydroxylation is 1. The number of esters is 1. The van der Waals surface area contributed by atoms with E-state index in [0.717, 1.165) is 40.7 Å². The molecule has 0 radical (unpaired) electrons. The molecule has 132 valence electrons. The van der Waals surface area contributed by atoms with Crippen molar-refractivity contribution in [3.63, 3.8) is 0 Å². The molecule has 0 bridgehead atoms. The summed E-state index contributed by atoms with van der Waals surface area (Å²) in [6.45, 7) is 4.74. The normalized spacial score (nSPS) is 17.6. The number of nitrogens with zero attached hydrogens (tertiary/aromatic N) is 1. The van der Waals surface area contributed by atoms with Gasteiger partial charge in [0.15, 0.2) is 6.61 Å². The number of rotatable bonds is 6. The van der Waals surface area contributed by atoms with Crippen molar-refractivity contribution in [3.8, 4) is 0 Å². The number of halogens is 1. The van der Waals surface area contributed by atoms with Crippen LogP contribution in [0, 0.1) is 6.92 Å². The molecule has 1 fully saturated rings. The Morgan fingerprint density at radius 3 is 2.88 bits per heavy atom. The minimum absolute atomic E-state index is 0.0697. The minimum Gasteiger partial charge on any atom is -0.455 e. The standard InChI is InChI=1S/C18H24BrNO3S/c1-3-15-6-4-5-9-20(15)17(21)11-23-18(22)12-24-16-8-7-14(19)10-13(16)2/h7-8,10,15H,3-6,9,11-12H2,1-2H3/t15-/m1/s1. The molecule has 0 unspecified atom stereocenters. The van der Waals surface area contributed by atoms with Crippen molar-refractivity contribution >= 4 is 39.6 Å². The lowest BCUT2D eigenvalue weighted by Gasteiger charge is -2.35. The number of carbonyl (C=O) groups is 2. The van der Waals surface area contributed by atoms with Gasteiger partial charge in [-0.3, -0.25) is 9.59 Å². The van der Waals surface area contributed by atoms with Crippen LogP contribution in [-0.4, -0.2) is 41.7 Å². The van der Waals surface area contributed by atoms with Crippen LogP contribution < -0.4 is 0 Å². The second kappa shape index (κ2) is 9.47. The van der Waals surface area contributed by atoms with E-state index in [2.05, 4.69) is 22.9 Å². The van der Waals surface area contributed by atoms with Crippen molar-refractivity contribution in [1.82, 2.24) is 4.90 Å². The summed E-state index contributed by atoms with van der Waals surface area (Å²) < 4.78 is 6.19. The lowest BCUT2D eigenvalue weighted by Crippen LogP contribution is -2.45. The summed E-state index contributed by atoms with van der Waals surface area (Å²) in [4.78, 5) is 27.1. The molecular weight excluding hydrogens is 390 g/mol. The van der Waals surface area contributed by atoms with Gasteiger partial charge in [-0.15, -0.1) is 11.8 Å². The van der Waals surface area contributed by atoms with Crippen molar-refractivity contribution in [2.45, 2.75) is 50.5 Å². The molecule has 0 saturated carbocycles. The van der Waals surface area contributed by atoms with E-state index in [4.69, 9.17) is 4.74 Å². The van der Waals surface area contributed by atoms with Crippen LogP contribution in [0.1, 0.15) is 38.2 Å². The van der Waals surface area contributed by atoms with Gasteiger partial charge in [0.2, 0.25) is 0 Å². The topological polar surface area (TPSA) is 46.6 Å². The number of benzene rings is 1. The number of piperidine rings is 1. The van der Waals surface area contributed by atoms with E-state index in [9.17, 15) is 9.59 Å². The molecule has 1 heterocycles. The molecular formula is C18H24BrNO3S. The summed E-state index contributed by atoms with van der Waals surface area (Å²) in [7, 11) is 0. The van der Waals surface area contributed by atoms with Gasteiger partial charge in [-0.1, -0.05) is 22.9 Å². The van der Waals surface area contributed by atoms with E-state index in [1.54, 1.807) is 0 Å². The molecule has 0 aromatic heterocycles. The van der Waals surface area contributed by atoms with Crippen molar-refractivity contribution in [2.24, 2.45) is 0 Å². The minimum atomic E-state index is -0.347. The summed E-state index contributed by atoms with van der Waals surface area (Å²) in [5.74, 6) is -0.201. The highest BCUT2D eigenvalue weighted by Crippen LogP contribution is 2.25. The summed E-state index contributed by atoms with van der Waals surface area (Å²) in [6, 6.07) is 6.23. The van der Waals surface area contributed by atoms with Crippen LogP contribution in [0.5, 0.6) is 0 Å². The first-order valence-corrected chi connectivity index (χ1v) is 10.1. The van der Waals surface area contributed by atoms with E-state index in [-0.39, 0.29) is 24.2 Å². The highest BCUT2D eigenvalue weighted by Gasteiger charge is 2.25. The third kappa shape index (κ3) is 5.52. The molecule has 1 saturated heterocycles. The summed E-state index contributed by atoms with van der Waals surface area (Å²) in [6.07, 6.45) is 4.22. The van der Waals surface area contributed by atoms with Crippen LogP contribution in [0.3, 0.4) is 0 Å². The van der Waals surface area contributed by atoms with Crippen LogP contribution in [-0.2, 0) is 14.3 Å². The fraction of sp³-hybridized carbons (Fsp3) is 0.556. The Bertz CT molecular complexity index is 594. The second-order valence-corrected chi connectivity index (χ2v) is 7.94. The first-order valence-electron chi connectivity index (χ1n) is 8.35. The molecule has 1 aromatic carbocycles. The van der Waals surface area contributed by atoms with Crippen LogP contribution in [0.25, 0.3) is 0 Å². The van der Waals surface area contributed by atoms with Crippen molar-refractivity contribution < 1.29 is 14.3 Å². The van der Waals surface area contributed by atoms with Gasteiger partial charge in [0.05, 0.1) is 5.75 Å². The Morgan fingerprint density at radius 2 is 2.17 bits per heavy atom. The fourth-order valence-electron chi connectivity index (χ4n) is 2.93. The number of hydrogen-bond donors (Lipinski definition) is 0. The van der Waals surface area contributed by atoms with E-state index >= 15 is 0 Å². The fourth-order valence-corrected chi connectivity index (χ4v) is 4.21. The van der Waals surface area contributed by atoms with Gasteiger partial charge < -0.3 is 9.64 Å². The zero-order valence-corrected chi connectivity index (χ0v) is 16.6. The van der Waals surface area contributed by atoms with E-state index in [0.29, 0.717) is 6.04 Å². The number of ether oxygens (including phenoxy) is 1. The molecule has 2 rings (SSSR count). The van der Waals surface area contributed by atoms with Crippen LogP contribution >= 0.6 is 27.7 Å². The van der Waals surface area contributed by atoms with Gasteiger partial charge in [0, 0.05) is 22.0 Å². The highest BCUT2D eigenvalue weighted by atomic mass is 79.9. The van der Waals surface area contributed by atoms with Crippen LogP contribution in [0.2, 0.25) is 0 Å². The molecule has 24 heavy (non-hydrogen) atoms. The molecule has 0 N–H and O–H groups in total. The molecule has 1 amide bonds. The zero-order valence-electron chi connectivity index (χ0n) is 14.2. The first kappa shape index (κ1) is 19.3. The Hall–Kier alpha value is -1.01. The average Bonchev–Trinajstić information content (AvgIpc) is 2.58. The lowest BCUT2D eigenvalue weighted by atomic mass is 10.00. The lowest BCUT2D eigenvalue weighted by molar-refractivity contribution is -0.151. The predicted molar refractivity (Wildman–Crippen MR) is 100 cm³/mol. The van der Waals surface area contributed by atoms with Crippen molar-refractivity contribution in [1.29, 1.82) is 0 Å². The van der Waals surface area contributed by atoms with E-state index in [1.807, 2.05) is 30.0 Å². The quantitative estimate of drug-likeness (QED) is 0.518. The van der Waals surface area contributed by atoms with Gasteiger partial charge in [0.25, 0.3) is 5.91 Å². The zero-order chi connectivity index (χ0) is 17.5. The van der Waals surface area contributed by atoms with Crippen molar-refractivity contribution in [2.75, 3.05) is 18.9 Å². The third-order valence-electron chi connectivity index (χ3n) is 4.26. The number of thioether (sulfide) groups is 1. The van der Waals surface area contributed by atoms with Crippen molar-refractivity contribution in [3.05, 3.63) is 28.2 Å². The third-order valence-corrected chi connectivity index (χ3v) is 5.90. The molecule has 4 nitrogen and oxygen atoms in total. The van der Waals surface area contributed by atoms with Gasteiger partial charge in [-0.2, -0.15) is 0 Å². The smallest absolute Gasteiger partial charge is 0.316 e. The summed E-state index contributed by atoms with van der Waals surface area (Å²) in [5, 5.41) is 0.